The lowest BCUT2D eigenvalue weighted by Gasteiger charge is -2.37. The van der Waals surface area contributed by atoms with Gasteiger partial charge in [0, 0.05) is 6.61 Å². The zero-order valence-electron chi connectivity index (χ0n) is 12.6. The first-order valence-corrected chi connectivity index (χ1v) is 7.96. The fourth-order valence-corrected chi connectivity index (χ4v) is 5.69. The van der Waals surface area contributed by atoms with Crippen LogP contribution < -0.4 is 0 Å². The van der Waals surface area contributed by atoms with E-state index in [4.69, 9.17) is 4.43 Å². The van der Waals surface area contributed by atoms with Crippen LogP contribution in [0.25, 0.3) is 0 Å². The molecule has 0 aromatic carbocycles. The van der Waals surface area contributed by atoms with Crippen molar-refractivity contribution in [1.82, 2.24) is 0 Å². The highest BCUT2D eigenvalue weighted by Crippen LogP contribution is 2.42. The van der Waals surface area contributed by atoms with Crippen LogP contribution in [0, 0.1) is 5.92 Å². The van der Waals surface area contributed by atoms with Crippen LogP contribution in [0.4, 0.5) is 0 Å². The highest BCUT2D eigenvalue weighted by Gasteiger charge is 2.39. The van der Waals surface area contributed by atoms with Crippen molar-refractivity contribution in [1.29, 1.82) is 0 Å². The lowest BCUT2D eigenvalue weighted by Crippen LogP contribution is -2.38. The van der Waals surface area contributed by atoms with Crippen LogP contribution >= 0.6 is 0 Å². The topological polar surface area (TPSA) is 9.23 Å². The summed E-state index contributed by atoms with van der Waals surface area (Å²) in [6.07, 6.45) is 2.49. The minimum Gasteiger partial charge on any atom is -0.416 e. The molecule has 0 aromatic heterocycles. The monoisotopic (exact) mass is 243 g/mol. The van der Waals surface area contributed by atoms with E-state index in [2.05, 4.69) is 55.4 Å². The van der Waals surface area contributed by atoms with Crippen molar-refractivity contribution < 1.29 is 4.43 Å². The van der Waals surface area contributed by atoms with Crippen LogP contribution in [0.1, 0.15) is 68.2 Å². The summed E-state index contributed by atoms with van der Waals surface area (Å²) in [6.45, 7) is 19.4. The molecule has 0 saturated carbocycles. The minimum atomic E-state index is -0.773. The maximum Gasteiger partial charge on any atom is 0.222 e. The predicted molar refractivity (Wildman–Crippen MR) is 75.2 cm³/mol. The van der Waals surface area contributed by atoms with Gasteiger partial charge in [0.2, 0.25) is 9.04 Å². The summed E-state index contributed by atoms with van der Waals surface area (Å²) in [5.41, 5.74) is 0. The first-order valence-electron chi connectivity index (χ1n) is 6.56. The van der Waals surface area contributed by atoms with Crippen LogP contribution in [0.5, 0.6) is 0 Å². The van der Waals surface area contributed by atoms with Gasteiger partial charge in [-0.2, -0.15) is 0 Å². The van der Waals surface area contributed by atoms with Gasteiger partial charge in [-0.1, -0.05) is 55.4 Å². The van der Waals surface area contributed by atoms with Gasteiger partial charge in [-0.25, -0.2) is 0 Å². The molecule has 0 bridgehead atoms. The molecule has 0 aliphatic carbocycles. The highest BCUT2D eigenvalue weighted by molar-refractivity contribution is 6.58. The lowest BCUT2D eigenvalue weighted by molar-refractivity contribution is 0.268. The summed E-state index contributed by atoms with van der Waals surface area (Å²) in [6, 6.07) is 0. The van der Waals surface area contributed by atoms with E-state index in [1.54, 1.807) is 0 Å². The summed E-state index contributed by atoms with van der Waals surface area (Å²) in [4.78, 5) is 0. The summed E-state index contributed by atoms with van der Waals surface area (Å²) < 4.78 is 6.22. The molecule has 0 N–H and O–H groups in total. The Labute approximate surface area is 105 Å². The van der Waals surface area contributed by atoms with E-state index in [0.717, 1.165) is 12.5 Å². The SMILES string of the molecule is CC(C)CCCO[Si](C(C)(C)C)C(C)(C)C. The van der Waals surface area contributed by atoms with Crippen LogP contribution in [0.3, 0.4) is 0 Å². The van der Waals surface area contributed by atoms with E-state index >= 15 is 0 Å². The normalized spacial score (nSPS) is 13.9. The van der Waals surface area contributed by atoms with Gasteiger partial charge < -0.3 is 4.43 Å². The van der Waals surface area contributed by atoms with Crippen LogP contribution in [0.15, 0.2) is 0 Å². The third kappa shape index (κ3) is 6.69. The van der Waals surface area contributed by atoms with E-state index in [9.17, 15) is 0 Å². The zero-order valence-corrected chi connectivity index (χ0v) is 13.6. The molecule has 16 heavy (non-hydrogen) atoms. The molecule has 0 aliphatic heterocycles. The first kappa shape index (κ1) is 16.2. The Hall–Kier alpha value is 0.177. The Morgan fingerprint density at radius 2 is 1.38 bits per heavy atom. The Bertz CT molecular complexity index is 172. The molecule has 0 heterocycles. The van der Waals surface area contributed by atoms with Gasteiger partial charge in [-0.15, -0.1) is 0 Å². The van der Waals surface area contributed by atoms with Crippen molar-refractivity contribution in [2.75, 3.05) is 6.61 Å². The Kier molecular flexibility index (Phi) is 6.27. The zero-order chi connectivity index (χ0) is 13.0. The van der Waals surface area contributed by atoms with Gasteiger partial charge in [0.15, 0.2) is 0 Å². The van der Waals surface area contributed by atoms with Gasteiger partial charge in [-0.05, 0) is 28.8 Å². The standard InChI is InChI=1S/C14H31OSi/c1-12(2)10-9-11-15-16(13(3,4)5)14(6,7)8/h12H,9-11H2,1-8H3. The third-order valence-corrected chi connectivity index (χ3v) is 5.75. The van der Waals surface area contributed by atoms with Crippen molar-refractivity contribution in [3.63, 3.8) is 0 Å². The smallest absolute Gasteiger partial charge is 0.222 e. The fourth-order valence-electron chi connectivity index (χ4n) is 2.22. The first-order chi connectivity index (χ1) is 7.05. The van der Waals surface area contributed by atoms with Crippen molar-refractivity contribution in [3.8, 4) is 0 Å². The van der Waals surface area contributed by atoms with Gasteiger partial charge in [-0.3, -0.25) is 0 Å². The summed E-state index contributed by atoms with van der Waals surface area (Å²) >= 11 is 0. The van der Waals surface area contributed by atoms with Gasteiger partial charge in [0.25, 0.3) is 0 Å². The minimum absolute atomic E-state index is 0.320. The molecule has 0 spiro atoms. The molecule has 2 heteroatoms. The lowest BCUT2D eigenvalue weighted by atomic mass is 10.1. The molecule has 0 fully saturated rings. The second-order valence-electron chi connectivity index (χ2n) is 7.21. The van der Waals surface area contributed by atoms with E-state index < -0.39 is 9.04 Å². The molecule has 0 atom stereocenters. The molecular formula is C14H31OSi. The number of rotatable bonds is 5. The van der Waals surface area contributed by atoms with Crippen molar-refractivity contribution in [3.05, 3.63) is 0 Å². The van der Waals surface area contributed by atoms with E-state index in [1.165, 1.54) is 12.8 Å². The van der Waals surface area contributed by atoms with Crippen LogP contribution in [-0.2, 0) is 4.43 Å². The van der Waals surface area contributed by atoms with E-state index in [-0.39, 0.29) is 0 Å². The maximum absolute atomic E-state index is 6.22. The van der Waals surface area contributed by atoms with Gasteiger partial charge in [0.05, 0.1) is 0 Å². The molecule has 0 saturated heterocycles. The van der Waals surface area contributed by atoms with Gasteiger partial charge in [0.1, 0.15) is 0 Å². The number of hydrogen-bond donors (Lipinski definition) is 0. The molecule has 0 rings (SSSR count). The van der Waals surface area contributed by atoms with Gasteiger partial charge >= 0.3 is 0 Å². The van der Waals surface area contributed by atoms with Crippen LogP contribution in [0.2, 0.25) is 10.1 Å². The van der Waals surface area contributed by atoms with E-state index in [1.807, 2.05) is 0 Å². The third-order valence-electron chi connectivity index (χ3n) is 2.53. The average molecular weight is 243 g/mol. The summed E-state index contributed by atoms with van der Waals surface area (Å²) in [7, 11) is -0.773. The molecule has 0 amide bonds. The molecule has 1 nitrogen and oxygen atoms in total. The Morgan fingerprint density at radius 3 is 1.69 bits per heavy atom. The van der Waals surface area contributed by atoms with Crippen molar-refractivity contribution >= 4 is 9.04 Å². The van der Waals surface area contributed by atoms with Crippen LogP contribution in [-0.4, -0.2) is 15.6 Å². The maximum atomic E-state index is 6.22. The highest BCUT2D eigenvalue weighted by atomic mass is 28.3. The molecule has 0 aromatic rings. The Morgan fingerprint density at radius 1 is 0.938 bits per heavy atom. The second kappa shape index (κ2) is 6.20. The molecule has 1 radical (unpaired) electrons. The van der Waals surface area contributed by atoms with Crippen molar-refractivity contribution in [2.45, 2.75) is 78.3 Å². The second-order valence-corrected chi connectivity index (χ2v) is 11.2. The molecule has 0 unspecified atom stereocenters. The molecular weight excluding hydrogens is 212 g/mol. The van der Waals surface area contributed by atoms with E-state index in [0.29, 0.717) is 10.1 Å². The fraction of sp³-hybridized carbons (Fsp3) is 1.00. The Balaban J connectivity index is 4.16. The largest absolute Gasteiger partial charge is 0.416 e. The number of hydrogen-bond acceptors (Lipinski definition) is 1. The summed E-state index contributed by atoms with van der Waals surface area (Å²) in [5.74, 6) is 0.795. The molecule has 97 valence electrons. The quantitative estimate of drug-likeness (QED) is 0.486. The summed E-state index contributed by atoms with van der Waals surface area (Å²) in [5, 5.41) is 0.640. The average Bonchev–Trinajstić information content (AvgIpc) is 1.97. The predicted octanol–water partition coefficient (Wildman–Crippen LogP) is 5.03. The molecule has 0 aliphatic rings. The van der Waals surface area contributed by atoms with Crippen molar-refractivity contribution in [2.24, 2.45) is 5.92 Å².